The van der Waals surface area contributed by atoms with Crippen LogP contribution in [-0.4, -0.2) is 21.1 Å². The zero-order valence-electron chi connectivity index (χ0n) is 8.83. The van der Waals surface area contributed by atoms with Gasteiger partial charge in [-0.2, -0.15) is 5.26 Å². The van der Waals surface area contributed by atoms with E-state index in [0.29, 0.717) is 13.2 Å². The van der Waals surface area contributed by atoms with E-state index in [1.54, 1.807) is 0 Å². The van der Waals surface area contributed by atoms with Crippen LogP contribution in [0.25, 0.3) is 0 Å². The monoisotopic (exact) mass is 199 g/mol. The maximum absolute atomic E-state index is 9.36. The molecule has 15 heavy (non-hydrogen) atoms. The molecule has 0 atom stereocenters. The fraction of sp³-hybridized carbons (Fsp3) is 0.583. The summed E-state index contributed by atoms with van der Waals surface area (Å²) in [7, 11) is 5.83. The molecule has 2 rings (SSSR count). The minimum Gasteiger partial charge on any atom is -0.381 e. The summed E-state index contributed by atoms with van der Waals surface area (Å²) in [5.41, 5.74) is 1.66. The number of hydrogen-bond acceptors (Lipinski definition) is 2. The Bertz CT molecular complexity index is 345. The van der Waals surface area contributed by atoms with Crippen molar-refractivity contribution in [2.45, 2.75) is 25.7 Å². The largest absolute Gasteiger partial charge is 0.381 e. The lowest BCUT2D eigenvalue weighted by atomic mass is 9.71. The average molecular weight is 199 g/mol. The van der Waals surface area contributed by atoms with Crippen molar-refractivity contribution in [3.8, 4) is 6.07 Å². The summed E-state index contributed by atoms with van der Waals surface area (Å²) in [4.78, 5) is 0. The molecule has 2 nitrogen and oxygen atoms in total. The van der Waals surface area contributed by atoms with Crippen LogP contribution in [0.3, 0.4) is 0 Å². The molecule has 1 aliphatic carbocycles. The van der Waals surface area contributed by atoms with E-state index in [1.165, 1.54) is 0 Å². The van der Waals surface area contributed by atoms with Crippen LogP contribution in [0.5, 0.6) is 0 Å². The van der Waals surface area contributed by atoms with Crippen molar-refractivity contribution in [3.05, 3.63) is 23.2 Å². The van der Waals surface area contributed by atoms with Crippen molar-refractivity contribution in [3.63, 3.8) is 0 Å². The normalized spacial score (nSPS) is 25.0. The molecule has 0 saturated carbocycles. The molecule has 1 saturated heterocycles. The predicted octanol–water partition coefficient (Wildman–Crippen LogP) is 2.08. The van der Waals surface area contributed by atoms with Gasteiger partial charge in [-0.25, -0.2) is 0 Å². The lowest BCUT2D eigenvalue weighted by Gasteiger charge is -2.33. The van der Waals surface area contributed by atoms with Gasteiger partial charge in [0.05, 0.1) is 11.5 Å². The summed E-state index contributed by atoms with van der Waals surface area (Å²) < 4.78 is 5.31. The molecule has 1 aliphatic heterocycles. The molecule has 0 aromatic carbocycles. The van der Waals surface area contributed by atoms with Gasteiger partial charge in [0.25, 0.3) is 0 Å². The molecule has 3 heteroatoms. The first-order chi connectivity index (χ1) is 7.27. The Morgan fingerprint density at radius 2 is 2.13 bits per heavy atom. The molecule has 0 aromatic rings. The van der Waals surface area contributed by atoms with E-state index in [2.05, 4.69) is 12.1 Å². The Morgan fingerprint density at radius 1 is 1.40 bits per heavy atom. The van der Waals surface area contributed by atoms with E-state index in [4.69, 9.17) is 12.6 Å². The first-order valence-corrected chi connectivity index (χ1v) is 5.42. The Balaban J connectivity index is 2.26. The molecular weight excluding hydrogens is 185 g/mol. The van der Waals surface area contributed by atoms with Gasteiger partial charge in [-0.3, -0.25) is 0 Å². The third kappa shape index (κ3) is 2.00. The van der Waals surface area contributed by atoms with Gasteiger partial charge >= 0.3 is 0 Å². The van der Waals surface area contributed by atoms with Crippen molar-refractivity contribution in [2.75, 3.05) is 13.2 Å². The first-order valence-electron chi connectivity index (χ1n) is 5.42. The molecular formula is C12H14BNO. The number of rotatable bonds is 1. The van der Waals surface area contributed by atoms with Crippen LogP contribution in [0, 0.1) is 16.7 Å². The maximum Gasteiger partial charge on any atom is 0.107 e. The van der Waals surface area contributed by atoms with Crippen LogP contribution in [0.1, 0.15) is 25.7 Å². The fourth-order valence-electron chi connectivity index (χ4n) is 2.24. The molecule has 0 aromatic heterocycles. The molecule has 0 bridgehead atoms. The van der Waals surface area contributed by atoms with E-state index in [1.807, 2.05) is 6.08 Å². The summed E-state index contributed by atoms with van der Waals surface area (Å²) in [5, 5.41) is 9.36. The number of hydrogen-bond donors (Lipinski definition) is 0. The van der Waals surface area contributed by atoms with Gasteiger partial charge in [-0.1, -0.05) is 12.2 Å². The lowest BCUT2D eigenvalue weighted by Crippen LogP contribution is -2.30. The van der Waals surface area contributed by atoms with E-state index < -0.39 is 0 Å². The second-order valence-corrected chi connectivity index (χ2v) is 4.22. The summed E-state index contributed by atoms with van der Waals surface area (Å²) in [6.45, 7) is 1.36. The second kappa shape index (κ2) is 4.24. The molecule has 0 N–H and O–H groups in total. The van der Waals surface area contributed by atoms with Crippen molar-refractivity contribution >= 4 is 7.85 Å². The minimum atomic E-state index is -0.344. The van der Waals surface area contributed by atoms with Crippen LogP contribution in [-0.2, 0) is 4.74 Å². The Hall–Kier alpha value is -1.01. The highest BCUT2D eigenvalue weighted by atomic mass is 16.5. The van der Waals surface area contributed by atoms with Crippen molar-refractivity contribution in [2.24, 2.45) is 5.41 Å². The predicted molar refractivity (Wildman–Crippen MR) is 59.3 cm³/mol. The van der Waals surface area contributed by atoms with Crippen LogP contribution in [0.15, 0.2) is 23.2 Å². The summed E-state index contributed by atoms with van der Waals surface area (Å²) in [6, 6.07) is 2.46. The van der Waals surface area contributed by atoms with Crippen LogP contribution in [0.2, 0.25) is 0 Å². The zero-order valence-corrected chi connectivity index (χ0v) is 8.83. The van der Waals surface area contributed by atoms with Gasteiger partial charge in [0.1, 0.15) is 7.85 Å². The molecule has 0 unspecified atom stereocenters. The fourth-order valence-corrected chi connectivity index (χ4v) is 2.24. The highest BCUT2D eigenvalue weighted by Gasteiger charge is 2.35. The lowest BCUT2D eigenvalue weighted by molar-refractivity contribution is 0.0550. The van der Waals surface area contributed by atoms with Gasteiger partial charge in [-0.05, 0) is 31.3 Å². The van der Waals surface area contributed by atoms with Gasteiger partial charge in [-0.15, -0.1) is 5.47 Å². The zero-order chi connectivity index (χ0) is 10.7. The third-order valence-corrected chi connectivity index (χ3v) is 3.25. The summed E-state index contributed by atoms with van der Waals surface area (Å²) >= 11 is 0. The highest BCUT2D eigenvalue weighted by molar-refractivity contribution is 6.21. The van der Waals surface area contributed by atoms with Crippen LogP contribution < -0.4 is 0 Å². The molecule has 1 fully saturated rings. The average Bonchev–Trinajstić information content (AvgIpc) is 2.30. The molecule has 76 valence electrons. The van der Waals surface area contributed by atoms with Crippen molar-refractivity contribution < 1.29 is 4.74 Å². The number of nitrogens with zero attached hydrogens (tertiary/aromatic N) is 1. The van der Waals surface area contributed by atoms with Gasteiger partial charge in [0, 0.05) is 13.2 Å². The van der Waals surface area contributed by atoms with E-state index >= 15 is 0 Å². The Kier molecular flexibility index (Phi) is 2.97. The second-order valence-electron chi connectivity index (χ2n) is 4.22. The van der Waals surface area contributed by atoms with E-state index in [9.17, 15) is 5.26 Å². The molecule has 2 aliphatic rings. The number of ether oxygens (including phenoxy) is 1. The van der Waals surface area contributed by atoms with E-state index in [0.717, 1.165) is 36.7 Å². The highest BCUT2D eigenvalue weighted by Crippen LogP contribution is 2.40. The van der Waals surface area contributed by atoms with Gasteiger partial charge in [0.15, 0.2) is 0 Å². The first kappa shape index (κ1) is 10.5. The van der Waals surface area contributed by atoms with Gasteiger partial charge in [0.2, 0.25) is 0 Å². The molecule has 2 radical (unpaired) electrons. The number of allylic oxidation sites excluding steroid dienone is 4. The smallest absolute Gasteiger partial charge is 0.107 e. The minimum absolute atomic E-state index is 0.344. The molecule has 0 spiro atoms. The summed E-state index contributed by atoms with van der Waals surface area (Å²) in [5.74, 6) is 0. The molecule has 1 heterocycles. The summed E-state index contributed by atoms with van der Waals surface area (Å²) in [6.07, 6.45) is 7.60. The standard InChI is InChI=1S/C12H14BNO/c13-11-3-1-2-10(8-11)12(9-14)4-6-15-7-5-12/h2,8H,1,3-7H2. The van der Waals surface area contributed by atoms with Crippen molar-refractivity contribution in [1.29, 1.82) is 5.26 Å². The number of nitriles is 1. The molecule has 0 amide bonds. The maximum atomic E-state index is 9.36. The van der Waals surface area contributed by atoms with Crippen LogP contribution >= 0.6 is 0 Å². The van der Waals surface area contributed by atoms with E-state index in [-0.39, 0.29) is 5.41 Å². The quantitative estimate of drug-likeness (QED) is 0.605. The Morgan fingerprint density at radius 3 is 2.73 bits per heavy atom. The third-order valence-electron chi connectivity index (χ3n) is 3.25. The van der Waals surface area contributed by atoms with Crippen LogP contribution in [0.4, 0.5) is 0 Å². The van der Waals surface area contributed by atoms with Crippen molar-refractivity contribution in [1.82, 2.24) is 0 Å². The Labute approximate surface area is 92.0 Å². The topological polar surface area (TPSA) is 33.0 Å². The SMILES string of the molecule is [B]C1=CC(C2(C#N)CCOCC2)=CCC1. The van der Waals surface area contributed by atoms with Gasteiger partial charge < -0.3 is 4.74 Å².